The van der Waals surface area contributed by atoms with E-state index < -0.39 is 0 Å². The number of halogens is 1. The van der Waals surface area contributed by atoms with E-state index in [-0.39, 0.29) is 11.9 Å². The number of amides is 1. The molecule has 0 saturated heterocycles. The van der Waals surface area contributed by atoms with E-state index in [9.17, 15) is 4.79 Å². The molecule has 0 aromatic heterocycles. The summed E-state index contributed by atoms with van der Waals surface area (Å²) in [4.78, 5) is 11.6. The number of carbonyl (C=O) groups is 1. The van der Waals surface area contributed by atoms with Crippen LogP contribution < -0.4 is 5.32 Å². The van der Waals surface area contributed by atoms with Gasteiger partial charge in [-0.2, -0.15) is 0 Å². The van der Waals surface area contributed by atoms with E-state index in [4.69, 9.17) is 0 Å². The summed E-state index contributed by atoms with van der Waals surface area (Å²) < 4.78 is 0. The molecule has 0 spiro atoms. The number of rotatable bonds is 7. The molecule has 0 rings (SSSR count). The lowest BCUT2D eigenvalue weighted by Gasteiger charge is -2.18. The Labute approximate surface area is 102 Å². The molecule has 1 N–H and O–H groups in total. The summed E-state index contributed by atoms with van der Waals surface area (Å²) in [6.07, 6.45) is 2.67. The summed E-state index contributed by atoms with van der Waals surface area (Å²) >= 11 is 3.44. The van der Waals surface area contributed by atoms with Gasteiger partial charge < -0.3 is 5.32 Å². The molecule has 0 aromatic carbocycles. The number of nitrogens with one attached hydrogen (secondary N) is 1. The van der Waals surface area contributed by atoms with Crippen LogP contribution in [-0.4, -0.2) is 17.3 Å². The Balaban J connectivity index is 3.80. The van der Waals surface area contributed by atoms with Gasteiger partial charge in [0.1, 0.15) is 0 Å². The highest BCUT2D eigenvalue weighted by atomic mass is 79.9. The van der Waals surface area contributed by atoms with Crippen molar-refractivity contribution in [2.24, 2.45) is 11.8 Å². The molecule has 0 aromatic rings. The first kappa shape index (κ1) is 14.9. The zero-order chi connectivity index (χ0) is 11.8. The van der Waals surface area contributed by atoms with Crippen LogP contribution in [0.25, 0.3) is 0 Å². The molecule has 0 aliphatic heterocycles. The number of hydrogen-bond acceptors (Lipinski definition) is 1. The highest BCUT2D eigenvalue weighted by molar-refractivity contribution is 9.09. The minimum Gasteiger partial charge on any atom is -0.353 e. The Morgan fingerprint density at radius 3 is 2.20 bits per heavy atom. The van der Waals surface area contributed by atoms with Crippen molar-refractivity contribution in [1.82, 2.24) is 5.32 Å². The molecule has 0 aliphatic rings. The third kappa shape index (κ3) is 8.91. The molecule has 0 saturated carbocycles. The van der Waals surface area contributed by atoms with Gasteiger partial charge in [-0.15, -0.1) is 0 Å². The summed E-state index contributed by atoms with van der Waals surface area (Å²) in [6.45, 7) is 8.64. The topological polar surface area (TPSA) is 29.1 Å². The van der Waals surface area contributed by atoms with Crippen LogP contribution in [0.2, 0.25) is 0 Å². The number of carbonyl (C=O) groups excluding carboxylic acids is 1. The van der Waals surface area contributed by atoms with E-state index in [2.05, 4.69) is 48.9 Å². The van der Waals surface area contributed by atoms with Crippen LogP contribution in [0.15, 0.2) is 0 Å². The SMILES string of the molecule is CC(C)CCC(=O)NC(CBr)CC(C)C. The molecule has 0 fully saturated rings. The zero-order valence-electron chi connectivity index (χ0n) is 10.3. The first-order chi connectivity index (χ1) is 6.95. The summed E-state index contributed by atoms with van der Waals surface area (Å²) in [7, 11) is 0. The standard InChI is InChI=1S/C12H24BrNO/c1-9(2)5-6-12(15)14-11(8-13)7-10(3)4/h9-11H,5-8H2,1-4H3,(H,14,15). The highest BCUT2D eigenvalue weighted by Gasteiger charge is 2.12. The Morgan fingerprint density at radius 1 is 1.20 bits per heavy atom. The second kappa shape index (κ2) is 8.14. The summed E-state index contributed by atoms with van der Waals surface area (Å²) in [5, 5.41) is 3.91. The van der Waals surface area contributed by atoms with Gasteiger partial charge in [0, 0.05) is 17.8 Å². The third-order valence-electron chi connectivity index (χ3n) is 2.26. The van der Waals surface area contributed by atoms with Crippen molar-refractivity contribution in [3.63, 3.8) is 0 Å². The average Bonchev–Trinajstić information content (AvgIpc) is 2.13. The van der Waals surface area contributed by atoms with Crippen LogP contribution in [-0.2, 0) is 4.79 Å². The van der Waals surface area contributed by atoms with Crippen molar-refractivity contribution in [2.45, 2.75) is 53.0 Å². The second-order valence-electron chi connectivity index (χ2n) is 4.98. The largest absolute Gasteiger partial charge is 0.353 e. The predicted octanol–water partition coefficient (Wildman–Crippen LogP) is 3.35. The Morgan fingerprint density at radius 2 is 1.80 bits per heavy atom. The van der Waals surface area contributed by atoms with Crippen molar-refractivity contribution in [1.29, 1.82) is 0 Å². The van der Waals surface area contributed by atoms with Crippen LogP contribution in [0.1, 0.15) is 47.0 Å². The molecule has 0 radical (unpaired) electrons. The minimum absolute atomic E-state index is 0.189. The van der Waals surface area contributed by atoms with E-state index in [0.29, 0.717) is 18.3 Å². The summed E-state index contributed by atoms with van der Waals surface area (Å²) in [5.41, 5.74) is 0. The van der Waals surface area contributed by atoms with Crippen molar-refractivity contribution < 1.29 is 4.79 Å². The predicted molar refractivity (Wildman–Crippen MR) is 69.3 cm³/mol. The third-order valence-corrected chi connectivity index (χ3v) is 3.04. The number of alkyl halides is 1. The maximum atomic E-state index is 11.6. The second-order valence-corrected chi connectivity index (χ2v) is 5.63. The fourth-order valence-corrected chi connectivity index (χ4v) is 1.88. The maximum absolute atomic E-state index is 11.6. The van der Waals surface area contributed by atoms with Gasteiger partial charge in [0.15, 0.2) is 0 Å². The summed E-state index contributed by atoms with van der Waals surface area (Å²) in [5.74, 6) is 1.41. The normalized spacial score (nSPS) is 13.3. The Bertz CT molecular complexity index is 180. The van der Waals surface area contributed by atoms with Gasteiger partial charge in [-0.3, -0.25) is 4.79 Å². The van der Waals surface area contributed by atoms with Crippen molar-refractivity contribution in [3.8, 4) is 0 Å². The molecule has 1 atom stereocenters. The molecule has 1 amide bonds. The molecule has 0 heterocycles. The molecular formula is C12H24BrNO. The van der Waals surface area contributed by atoms with Gasteiger partial charge in [0.2, 0.25) is 5.91 Å². The number of hydrogen-bond donors (Lipinski definition) is 1. The molecule has 90 valence electrons. The van der Waals surface area contributed by atoms with E-state index in [1.165, 1.54) is 0 Å². The van der Waals surface area contributed by atoms with Gasteiger partial charge in [-0.05, 0) is 24.7 Å². The molecule has 15 heavy (non-hydrogen) atoms. The molecule has 1 unspecified atom stereocenters. The zero-order valence-corrected chi connectivity index (χ0v) is 11.9. The molecule has 0 aliphatic carbocycles. The van der Waals surface area contributed by atoms with Crippen LogP contribution >= 0.6 is 15.9 Å². The molecule has 2 nitrogen and oxygen atoms in total. The van der Waals surface area contributed by atoms with Crippen LogP contribution in [0, 0.1) is 11.8 Å². The Kier molecular flexibility index (Phi) is 8.12. The summed E-state index contributed by atoms with van der Waals surface area (Å²) in [6, 6.07) is 0.282. The van der Waals surface area contributed by atoms with Crippen LogP contribution in [0.3, 0.4) is 0 Å². The van der Waals surface area contributed by atoms with Gasteiger partial charge in [-0.1, -0.05) is 43.6 Å². The van der Waals surface area contributed by atoms with Gasteiger partial charge in [0.05, 0.1) is 0 Å². The maximum Gasteiger partial charge on any atom is 0.220 e. The first-order valence-electron chi connectivity index (χ1n) is 5.81. The smallest absolute Gasteiger partial charge is 0.220 e. The molecule has 3 heteroatoms. The molecule has 0 bridgehead atoms. The fraction of sp³-hybridized carbons (Fsp3) is 0.917. The average molecular weight is 278 g/mol. The lowest BCUT2D eigenvalue weighted by atomic mass is 10.0. The monoisotopic (exact) mass is 277 g/mol. The Hall–Kier alpha value is -0.0500. The van der Waals surface area contributed by atoms with Gasteiger partial charge >= 0.3 is 0 Å². The first-order valence-corrected chi connectivity index (χ1v) is 6.93. The van der Waals surface area contributed by atoms with E-state index in [1.807, 2.05) is 0 Å². The lowest BCUT2D eigenvalue weighted by Crippen LogP contribution is -2.37. The van der Waals surface area contributed by atoms with Crippen LogP contribution in [0.4, 0.5) is 0 Å². The van der Waals surface area contributed by atoms with Crippen molar-refractivity contribution in [3.05, 3.63) is 0 Å². The van der Waals surface area contributed by atoms with Crippen molar-refractivity contribution in [2.75, 3.05) is 5.33 Å². The van der Waals surface area contributed by atoms with Crippen LogP contribution in [0.5, 0.6) is 0 Å². The van der Waals surface area contributed by atoms with E-state index in [1.54, 1.807) is 0 Å². The van der Waals surface area contributed by atoms with Gasteiger partial charge in [0.25, 0.3) is 0 Å². The van der Waals surface area contributed by atoms with E-state index in [0.717, 1.165) is 18.2 Å². The highest BCUT2D eigenvalue weighted by Crippen LogP contribution is 2.08. The van der Waals surface area contributed by atoms with E-state index >= 15 is 0 Å². The lowest BCUT2D eigenvalue weighted by molar-refractivity contribution is -0.122. The van der Waals surface area contributed by atoms with Crippen molar-refractivity contribution >= 4 is 21.8 Å². The van der Waals surface area contributed by atoms with Gasteiger partial charge in [-0.25, -0.2) is 0 Å². The molecular weight excluding hydrogens is 254 g/mol. The minimum atomic E-state index is 0.189. The quantitative estimate of drug-likeness (QED) is 0.711. The fourth-order valence-electron chi connectivity index (χ4n) is 1.45.